The van der Waals surface area contributed by atoms with Crippen molar-refractivity contribution in [2.24, 2.45) is 0 Å². The van der Waals surface area contributed by atoms with Crippen LogP contribution in [0.2, 0.25) is 5.02 Å². The van der Waals surface area contributed by atoms with E-state index in [0.29, 0.717) is 16.1 Å². The highest BCUT2D eigenvalue weighted by Gasteiger charge is 2.20. The van der Waals surface area contributed by atoms with Crippen LogP contribution in [0.15, 0.2) is 53.5 Å². The van der Waals surface area contributed by atoms with Crippen LogP contribution < -0.4 is 10.7 Å². The van der Waals surface area contributed by atoms with E-state index in [4.69, 9.17) is 21.4 Å². The van der Waals surface area contributed by atoms with Crippen molar-refractivity contribution in [3.63, 3.8) is 0 Å². The molecule has 3 rings (SSSR count). The number of halogens is 1. The second-order valence-corrected chi connectivity index (χ2v) is 9.02. The van der Waals surface area contributed by atoms with Gasteiger partial charge in [-0.1, -0.05) is 35.6 Å². The van der Waals surface area contributed by atoms with E-state index in [1.165, 1.54) is 10.8 Å². The van der Waals surface area contributed by atoms with Crippen LogP contribution in [-0.2, 0) is 22.6 Å². The van der Waals surface area contributed by atoms with Gasteiger partial charge in [0.05, 0.1) is 5.52 Å². The van der Waals surface area contributed by atoms with Crippen LogP contribution >= 0.6 is 11.6 Å². The summed E-state index contributed by atoms with van der Waals surface area (Å²) in [6, 6.07) is 11.8. The number of aliphatic hydroxyl groups excluding tert-OH is 1. The maximum absolute atomic E-state index is 13.2. The van der Waals surface area contributed by atoms with Gasteiger partial charge in [-0.25, -0.2) is 0 Å². The number of carbonyl (C=O) groups excluding carboxylic acids is 2. The number of ether oxygens (including phenoxy) is 1. The first-order valence-corrected chi connectivity index (χ1v) is 11.0. The van der Waals surface area contributed by atoms with Crippen molar-refractivity contribution in [3.05, 3.63) is 80.6 Å². The number of esters is 1. The SMILES string of the molecule is CC(C)(C)OC(=O)Cn1cc(C(=O)NCc2ccc(Cl)cc2)c(=O)c2cc(C#CCO)ccc21. The van der Waals surface area contributed by atoms with Crippen LogP contribution in [0.5, 0.6) is 0 Å². The second kappa shape index (κ2) is 10.6. The van der Waals surface area contributed by atoms with Gasteiger partial charge in [-0.2, -0.15) is 0 Å². The van der Waals surface area contributed by atoms with Gasteiger partial charge in [-0.3, -0.25) is 14.4 Å². The molecule has 0 aliphatic carbocycles. The second-order valence-electron chi connectivity index (χ2n) is 8.59. The molecule has 0 aliphatic heterocycles. The molecule has 2 aromatic carbocycles. The average Bonchev–Trinajstić information content (AvgIpc) is 2.77. The van der Waals surface area contributed by atoms with Crippen LogP contribution in [0.3, 0.4) is 0 Å². The minimum Gasteiger partial charge on any atom is -0.459 e. The largest absolute Gasteiger partial charge is 0.459 e. The Morgan fingerprint density at radius 3 is 2.50 bits per heavy atom. The van der Waals surface area contributed by atoms with Crippen molar-refractivity contribution in [2.45, 2.75) is 39.5 Å². The number of carbonyl (C=O) groups is 2. The monoisotopic (exact) mass is 480 g/mol. The molecule has 0 saturated carbocycles. The molecule has 34 heavy (non-hydrogen) atoms. The third kappa shape index (κ3) is 6.47. The maximum atomic E-state index is 13.2. The summed E-state index contributed by atoms with van der Waals surface area (Å²) in [4.78, 5) is 38.7. The summed E-state index contributed by atoms with van der Waals surface area (Å²) < 4.78 is 6.93. The van der Waals surface area contributed by atoms with Gasteiger partial charge in [0.15, 0.2) is 0 Å². The Balaban J connectivity index is 2.02. The van der Waals surface area contributed by atoms with Crippen LogP contribution in [0.1, 0.15) is 42.3 Å². The Labute approximate surface area is 202 Å². The number of aliphatic hydroxyl groups is 1. The molecule has 0 bridgehead atoms. The summed E-state index contributed by atoms with van der Waals surface area (Å²) >= 11 is 5.90. The van der Waals surface area contributed by atoms with E-state index in [-0.39, 0.29) is 30.6 Å². The Hall–Kier alpha value is -3.60. The molecule has 176 valence electrons. The fourth-order valence-electron chi connectivity index (χ4n) is 3.30. The van der Waals surface area contributed by atoms with Crippen LogP contribution in [0, 0.1) is 11.8 Å². The average molecular weight is 481 g/mol. The summed E-state index contributed by atoms with van der Waals surface area (Å²) in [6.45, 7) is 4.96. The van der Waals surface area contributed by atoms with Gasteiger partial charge in [-0.05, 0) is 56.7 Å². The van der Waals surface area contributed by atoms with Gasteiger partial charge in [-0.15, -0.1) is 0 Å². The Morgan fingerprint density at radius 1 is 1.15 bits per heavy atom. The first-order chi connectivity index (χ1) is 16.1. The van der Waals surface area contributed by atoms with Crippen molar-refractivity contribution in [1.82, 2.24) is 9.88 Å². The molecule has 0 saturated heterocycles. The first-order valence-electron chi connectivity index (χ1n) is 10.6. The Morgan fingerprint density at radius 2 is 1.85 bits per heavy atom. The van der Waals surface area contributed by atoms with Gasteiger partial charge >= 0.3 is 5.97 Å². The van der Waals surface area contributed by atoms with E-state index in [0.717, 1.165) is 5.56 Å². The van der Waals surface area contributed by atoms with E-state index >= 15 is 0 Å². The predicted octanol–water partition coefficient (Wildman–Crippen LogP) is 3.27. The molecule has 0 aliphatic rings. The van der Waals surface area contributed by atoms with Gasteiger partial charge < -0.3 is 19.7 Å². The van der Waals surface area contributed by atoms with E-state index < -0.39 is 22.9 Å². The molecule has 0 spiro atoms. The highest BCUT2D eigenvalue weighted by molar-refractivity contribution is 6.30. The summed E-state index contributed by atoms with van der Waals surface area (Å²) in [5, 5.41) is 12.5. The van der Waals surface area contributed by atoms with Crippen LogP contribution in [0.4, 0.5) is 0 Å². The molecule has 8 heteroatoms. The number of pyridine rings is 1. The van der Waals surface area contributed by atoms with E-state index in [1.54, 1.807) is 63.2 Å². The summed E-state index contributed by atoms with van der Waals surface area (Å²) in [7, 11) is 0. The lowest BCUT2D eigenvalue weighted by atomic mass is 10.1. The normalized spacial score (nSPS) is 11.0. The van der Waals surface area contributed by atoms with Crippen molar-refractivity contribution >= 4 is 34.4 Å². The standard InChI is InChI=1S/C26H25ClN2O5/c1-26(2,3)34-23(31)16-29-15-21(25(33)28-14-18-6-9-19(27)10-7-18)24(32)20-13-17(5-4-12-30)8-11-22(20)29/h6-11,13,15,30H,12,14,16H2,1-3H3,(H,28,33). The summed E-state index contributed by atoms with van der Waals surface area (Å²) in [5.41, 5.74) is 0.488. The first kappa shape index (κ1) is 25.0. The van der Waals surface area contributed by atoms with Gasteiger partial charge in [0, 0.05) is 28.7 Å². The number of benzene rings is 2. The number of nitrogens with zero attached hydrogens (tertiary/aromatic N) is 1. The Bertz CT molecular complexity index is 1340. The molecule has 1 heterocycles. The molecule has 0 atom stereocenters. The molecule has 0 fully saturated rings. The smallest absolute Gasteiger partial charge is 0.326 e. The summed E-state index contributed by atoms with van der Waals surface area (Å²) in [6.07, 6.45) is 1.37. The lowest BCUT2D eigenvalue weighted by Crippen LogP contribution is -2.31. The summed E-state index contributed by atoms with van der Waals surface area (Å²) in [5.74, 6) is 4.21. The molecule has 1 aromatic heterocycles. The molecule has 0 unspecified atom stereocenters. The number of amides is 1. The molecular weight excluding hydrogens is 456 g/mol. The van der Waals surface area contributed by atoms with Crippen molar-refractivity contribution < 1.29 is 19.4 Å². The van der Waals surface area contributed by atoms with Gasteiger partial charge in [0.1, 0.15) is 24.3 Å². The zero-order chi connectivity index (χ0) is 24.9. The lowest BCUT2D eigenvalue weighted by molar-refractivity contribution is -0.155. The van der Waals surface area contributed by atoms with Gasteiger partial charge in [0.25, 0.3) is 5.91 Å². The number of nitrogens with one attached hydrogen (secondary N) is 1. The molecule has 2 N–H and O–H groups in total. The van der Waals surface area contributed by atoms with Crippen molar-refractivity contribution in [3.8, 4) is 11.8 Å². The van der Waals surface area contributed by atoms with E-state index in [9.17, 15) is 14.4 Å². The quantitative estimate of drug-likeness (QED) is 0.431. The fourth-order valence-corrected chi connectivity index (χ4v) is 3.43. The minimum atomic E-state index is -0.683. The fraction of sp³-hybridized carbons (Fsp3) is 0.269. The third-order valence-electron chi connectivity index (χ3n) is 4.72. The minimum absolute atomic E-state index is 0.114. The number of rotatable bonds is 5. The molecule has 3 aromatic rings. The van der Waals surface area contributed by atoms with Gasteiger partial charge in [0.2, 0.25) is 5.43 Å². The zero-order valence-electron chi connectivity index (χ0n) is 19.1. The maximum Gasteiger partial charge on any atom is 0.326 e. The topological polar surface area (TPSA) is 97.6 Å². The number of hydrogen-bond donors (Lipinski definition) is 2. The zero-order valence-corrected chi connectivity index (χ0v) is 19.9. The lowest BCUT2D eigenvalue weighted by Gasteiger charge is -2.21. The Kier molecular flexibility index (Phi) is 7.77. The van der Waals surface area contributed by atoms with Crippen LogP contribution in [0.25, 0.3) is 10.9 Å². The highest BCUT2D eigenvalue weighted by atomic mass is 35.5. The highest BCUT2D eigenvalue weighted by Crippen LogP contribution is 2.16. The van der Waals surface area contributed by atoms with Crippen molar-refractivity contribution in [1.29, 1.82) is 0 Å². The number of aromatic nitrogens is 1. The van der Waals surface area contributed by atoms with E-state index in [2.05, 4.69) is 17.2 Å². The third-order valence-corrected chi connectivity index (χ3v) is 4.97. The molecule has 7 nitrogen and oxygen atoms in total. The predicted molar refractivity (Wildman–Crippen MR) is 131 cm³/mol. The molecule has 1 amide bonds. The number of hydrogen-bond acceptors (Lipinski definition) is 5. The number of fused-ring (bicyclic) bond motifs is 1. The molecular formula is C26H25ClN2O5. The van der Waals surface area contributed by atoms with E-state index in [1.807, 2.05) is 0 Å². The van der Waals surface area contributed by atoms with Crippen LogP contribution in [-0.4, -0.2) is 33.8 Å². The van der Waals surface area contributed by atoms with Crippen molar-refractivity contribution in [2.75, 3.05) is 6.61 Å². The molecule has 0 radical (unpaired) electrons.